The topological polar surface area (TPSA) is 76.7 Å². The Bertz CT molecular complexity index is 739. The summed E-state index contributed by atoms with van der Waals surface area (Å²) in [6, 6.07) is 17.1. The smallest absolute Gasteiger partial charge is 0.426 e. The van der Waals surface area contributed by atoms with Gasteiger partial charge in [0.05, 0.1) is 6.42 Å². The van der Waals surface area contributed by atoms with E-state index in [1.807, 2.05) is 48.5 Å². The van der Waals surface area contributed by atoms with E-state index in [0.29, 0.717) is 12.4 Å². The van der Waals surface area contributed by atoms with Crippen LogP contribution in [0.2, 0.25) is 0 Å². The van der Waals surface area contributed by atoms with Crippen LogP contribution in [0.25, 0.3) is 0 Å². The average Bonchev–Trinajstić information content (AvgIpc) is 2.58. The molecule has 0 fully saturated rings. The summed E-state index contributed by atoms with van der Waals surface area (Å²) < 4.78 is 10.8. The molecule has 2 rings (SSSR count). The molecule has 0 aromatic heterocycles. The van der Waals surface area contributed by atoms with E-state index < -0.39 is 11.7 Å². The Morgan fingerprint density at radius 2 is 1.62 bits per heavy atom. The molecule has 0 bridgehead atoms. The van der Waals surface area contributed by atoms with Gasteiger partial charge in [0, 0.05) is 0 Å². The van der Waals surface area contributed by atoms with Crippen molar-refractivity contribution in [2.24, 2.45) is 0 Å². The van der Waals surface area contributed by atoms with Crippen LogP contribution in [-0.2, 0) is 22.6 Å². The summed E-state index contributed by atoms with van der Waals surface area (Å²) in [6.07, 6.45) is -0.594. The lowest BCUT2D eigenvalue weighted by molar-refractivity contribution is -0.121. The summed E-state index contributed by atoms with van der Waals surface area (Å²) in [5, 5.41) is 0. The molecule has 6 heteroatoms. The molecule has 2 aromatic carbocycles. The first-order chi connectivity index (χ1) is 12.3. The Morgan fingerprint density at radius 3 is 2.31 bits per heavy atom. The Morgan fingerprint density at radius 1 is 0.923 bits per heavy atom. The van der Waals surface area contributed by atoms with Crippen LogP contribution in [-0.4, -0.2) is 17.6 Å². The number of hydrogen-bond donors (Lipinski definition) is 2. The van der Waals surface area contributed by atoms with Gasteiger partial charge in [0.1, 0.15) is 18.0 Å². The maximum Gasteiger partial charge on any atom is 0.426 e. The Hall–Kier alpha value is -3.02. The molecule has 2 N–H and O–H groups in total. The molecular weight excluding hydrogens is 332 g/mol. The molecule has 138 valence electrons. The van der Waals surface area contributed by atoms with Crippen molar-refractivity contribution in [1.82, 2.24) is 10.9 Å². The highest BCUT2D eigenvalue weighted by Crippen LogP contribution is 2.15. The highest BCUT2D eigenvalue weighted by Gasteiger charge is 2.16. The van der Waals surface area contributed by atoms with Crippen molar-refractivity contribution in [3.05, 3.63) is 65.7 Å². The number of carbonyl (C=O) groups excluding carboxylic acids is 2. The normalized spacial score (nSPS) is 10.7. The minimum atomic E-state index is -0.703. The largest absolute Gasteiger partial charge is 0.489 e. The fourth-order valence-corrected chi connectivity index (χ4v) is 2.14. The maximum atomic E-state index is 12.0. The summed E-state index contributed by atoms with van der Waals surface area (Å²) in [5.74, 6) is 0.329. The van der Waals surface area contributed by atoms with Crippen molar-refractivity contribution in [3.8, 4) is 5.75 Å². The highest BCUT2D eigenvalue weighted by molar-refractivity contribution is 5.81. The third kappa shape index (κ3) is 7.25. The molecule has 0 saturated carbocycles. The van der Waals surface area contributed by atoms with Gasteiger partial charge in [-0.25, -0.2) is 10.2 Å². The zero-order chi connectivity index (χ0) is 19.0. The third-order valence-corrected chi connectivity index (χ3v) is 3.21. The predicted octanol–water partition coefficient (Wildman–Crippen LogP) is 3.36. The van der Waals surface area contributed by atoms with E-state index in [1.54, 1.807) is 26.8 Å². The fourth-order valence-electron chi connectivity index (χ4n) is 2.14. The van der Waals surface area contributed by atoms with Gasteiger partial charge in [-0.3, -0.25) is 10.2 Å². The molecule has 0 heterocycles. The lowest BCUT2D eigenvalue weighted by Crippen LogP contribution is -2.44. The average molecular weight is 356 g/mol. The van der Waals surface area contributed by atoms with Gasteiger partial charge in [0.15, 0.2) is 0 Å². The lowest BCUT2D eigenvalue weighted by atomic mass is 10.1. The number of hydrogen-bond acceptors (Lipinski definition) is 4. The van der Waals surface area contributed by atoms with Crippen molar-refractivity contribution in [2.45, 2.75) is 39.4 Å². The summed E-state index contributed by atoms with van der Waals surface area (Å²) in [6.45, 7) is 5.69. The van der Waals surface area contributed by atoms with Gasteiger partial charge in [0.25, 0.3) is 0 Å². The fraction of sp³-hybridized carbons (Fsp3) is 0.300. The molecule has 0 spiro atoms. The first-order valence-electron chi connectivity index (χ1n) is 8.35. The maximum absolute atomic E-state index is 12.0. The van der Waals surface area contributed by atoms with Gasteiger partial charge in [-0.05, 0) is 44.0 Å². The molecule has 0 unspecified atom stereocenters. The molecular formula is C20H24N2O4. The van der Waals surface area contributed by atoms with Crippen LogP contribution in [0.4, 0.5) is 4.79 Å². The minimum absolute atomic E-state index is 0.109. The molecule has 0 saturated heterocycles. The van der Waals surface area contributed by atoms with E-state index >= 15 is 0 Å². The Labute approximate surface area is 153 Å². The van der Waals surface area contributed by atoms with Gasteiger partial charge < -0.3 is 9.47 Å². The van der Waals surface area contributed by atoms with Crippen molar-refractivity contribution in [1.29, 1.82) is 0 Å². The zero-order valence-corrected chi connectivity index (χ0v) is 15.2. The molecule has 2 aromatic rings. The van der Waals surface area contributed by atoms with E-state index in [4.69, 9.17) is 9.47 Å². The van der Waals surface area contributed by atoms with Crippen LogP contribution in [0.5, 0.6) is 5.75 Å². The Kier molecular flexibility index (Phi) is 6.60. The Balaban J connectivity index is 1.82. The van der Waals surface area contributed by atoms with Crippen LogP contribution in [0.3, 0.4) is 0 Å². The number of amides is 2. The van der Waals surface area contributed by atoms with E-state index in [0.717, 1.165) is 11.1 Å². The summed E-state index contributed by atoms with van der Waals surface area (Å²) >= 11 is 0. The van der Waals surface area contributed by atoms with Gasteiger partial charge in [-0.15, -0.1) is 0 Å². The molecule has 0 aliphatic rings. The number of rotatable bonds is 5. The summed E-state index contributed by atoms with van der Waals surface area (Å²) in [5.41, 5.74) is 5.77. The van der Waals surface area contributed by atoms with E-state index in [-0.39, 0.29) is 12.3 Å². The summed E-state index contributed by atoms with van der Waals surface area (Å²) in [7, 11) is 0. The lowest BCUT2D eigenvalue weighted by Gasteiger charge is -2.19. The standard InChI is InChI=1S/C20H24N2O4/c1-20(2,3)26-19(24)22-21-18(23)13-16-10-7-11-17(12-16)25-14-15-8-5-4-6-9-15/h4-12H,13-14H2,1-3H3,(H,21,23)(H,22,24). The van der Waals surface area contributed by atoms with E-state index in [1.165, 1.54) is 0 Å². The van der Waals surface area contributed by atoms with Crippen LogP contribution in [0.15, 0.2) is 54.6 Å². The molecule has 0 aliphatic carbocycles. The van der Waals surface area contributed by atoms with Crippen LogP contribution in [0, 0.1) is 0 Å². The minimum Gasteiger partial charge on any atom is -0.489 e. The second kappa shape index (κ2) is 8.89. The summed E-state index contributed by atoms with van der Waals surface area (Å²) in [4.78, 5) is 23.5. The second-order valence-electron chi connectivity index (χ2n) is 6.77. The van der Waals surface area contributed by atoms with Gasteiger partial charge in [0.2, 0.25) is 5.91 Å². The first-order valence-corrected chi connectivity index (χ1v) is 8.35. The van der Waals surface area contributed by atoms with Crippen LogP contribution in [0.1, 0.15) is 31.9 Å². The highest BCUT2D eigenvalue weighted by atomic mass is 16.6. The predicted molar refractivity (Wildman–Crippen MR) is 98.4 cm³/mol. The van der Waals surface area contributed by atoms with Crippen molar-refractivity contribution < 1.29 is 19.1 Å². The van der Waals surface area contributed by atoms with Crippen LogP contribution >= 0.6 is 0 Å². The van der Waals surface area contributed by atoms with E-state index in [9.17, 15) is 9.59 Å². The second-order valence-corrected chi connectivity index (χ2v) is 6.77. The number of hydrazine groups is 1. The number of nitrogens with one attached hydrogen (secondary N) is 2. The molecule has 0 atom stereocenters. The molecule has 26 heavy (non-hydrogen) atoms. The van der Waals surface area contributed by atoms with Gasteiger partial charge in [-0.2, -0.15) is 0 Å². The van der Waals surface area contributed by atoms with Crippen molar-refractivity contribution in [3.63, 3.8) is 0 Å². The SMILES string of the molecule is CC(C)(C)OC(=O)NNC(=O)Cc1cccc(OCc2ccccc2)c1. The number of ether oxygens (including phenoxy) is 2. The van der Waals surface area contributed by atoms with Crippen LogP contribution < -0.4 is 15.6 Å². The van der Waals surface area contributed by atoms with E-state index in [2.05, 4.69) is 10.9 Å². The first kappa shape index (κ1) is 19.3. The van der Waals surface area contributed by atoms with Gasteiger partial charge >= 0.3 is 6.09 Å². The molecule has 0 radical (unpaired) electrons. The number of benzene rings is 2. The zero-order valence-electron chi connectivity index (χ0n) is 15.2. The van der Waals surface area contributed by atoms with Crippen molar-refractivity contribution in [2.75, 3.05) is 0 Å². The molecule has 6 nitrogen and oxygen atoms in total. The van der Waals surface area contributed by atoms with Gasteiger partial charge in [-0.1, -0.05) is 42.5 Å². The third-order valence-electron chi connectivity index (χ3n) is 3.21. The molecule has 2 amide bonds. The quantitative estimate of drug-likeness (QED) is 0.806. The van der Waals surface area contributed by atoms with Crippen molar-refractivity contribution >= 4 is 12.0 Å². The molecule has 0 aliphatic heterocycles. The monoisotopic (exact) mass is 356 g/mol. The number of carbonyl (C=O) groups is 2.